The van der Waals surface area contributed by atoms with Crippen molar-refractivity contribution < 1.29 is 15.4 Å². The fraction of sp³-hybridized carbons (Fsp3) is 0.273. The minimum atomic E-state index is -1.84. The van der Waals surface area contributed by atoms with Gasteiger partial charge in [-0.15, -0.1) is 11.3 Å². The van der Waals surface area contributed by atoms with Crippen LogP contribution in [0.5, 0.6) is 0 Å². The summed E-state index contributed by atoms with van der Waals surface area (Å²) in [6.45, 7) is 0. The molecule has 0 saturated heterocycles. The lowest BCUT2D eigenvalue weighted by Crippen LogP contribution is -2.14. The number of nitrogen functional groups attached to an aromatic ring is 1. The molecule has 5 nitrogen and oxygen atoms in total. The fourth-order valence-electron chi connectivity index (χ4n) is 2.64. The minimum Gasteiger partial charge on any atom is -0.388 e. The number of nitrogens with two attached hydrogens (primary N) is 1. The summed E-state index contributed by atoms with van der Waals surface area (Å²) in [6.07, 6.45) is -3.39. The van der Waals surface area contributed by atoms with Crippen LogP contribution in [-0.4, -0.2) is 16.0 Å². The summed E-state index contributed by atoms with van der Waals surface area (Å²) in [4.78, 5) is 16.2. The number of nitrogens with zero attached hydrogens (tertiary/aromatic N) is 1. The molecular weight excluding hydrogens is 370 g/mol. The van der Waals surface area contributed by atoms with Crippen LogP contribution in [0.4, 0.5) is 10.8 Å². The monoisotopic (exact) mass is 399 g/mol. The van der Waals surface area contributed by atoms with Crippen molar-refractivity contribution in [3.63, 3.8) is 0 Å². The molecule has 0 saturated carbocycles. The molecule has 2 aromatic carbocycles. The summed E-state index contributed by atoms with van der Waals surface area (Å²) in [5.74, 6) is -0.317. The molecule has 6 heteroatoms. The van der Waals surface area contributed by atoms with E-state index in [1.54, 1.807) is 54.6 Å². The number of amides is 1. The third-order valence-electron chi connectivity index (χ3n) is 4.06. The Morgan fingerprint density at radius 2 is 2.04 bits per heavy atom. The van der Waals surface area contributed by atoms with Crippen molar-refractivity contribution in [2.45, 2.75) is 38.1 Å². The first-order valence-electron chi connectivity index (χ1n) is 10.9. The molecule has 146 valence electrons. The van der Waals surface area contributed by atoms with E-state index in [0.29, 0.717) is 16.9 Å². The smallest absolute Gasteiger partial charge is 0.230 e. The van der Waals surface area contributed by atoms with Gasteiger partial charge in [-0.05, 0) is 42.5 Å². The van der Waals surface area contributed by atoms with E-state index in [-0.39, 0.29) is 42.1 Å². The van der Waals surface area contributed by atoms with Crippen LogP contribution in [0.2, 0.25) is 0 Å². The van der Waals surface area contributed by atoms with E-state index >= 15 is 0 Å². The number of aryl methyl sites for hydroxylation is 1. The molecule has 1 aromatic heterocycles. The zero-order chi connectivity index (χ0) is 23.4. The van der Waals surface area contributed by atoms with Crippen molar-refractivity contribution in [1.82, 2.24) is 4.98 Å². The highest BCUT2D eigenvalue weighted by Crippen LogP contribution is 2.20. The number of carbonyl (C=O) groups is 1. The Balaban J connectivity index is 1.53. The van der Waals surface area contributed by atoms with E-state index in [1.165, 1.54) is 0 Å². The van der Waals surface area contributed by atoms with Crippen molar-refractivity contribution in [2.75, 3.05) is 11.1 Å². The molecule has 0 aliphatic rings. The lowest BCUT2D eigenvalue weighted by molar-refractivity contribution is -0.115. The van der Waals surface area contributed by atoms with Crippen molar-refractivity contribution in [3.05, 3.63) is 76.8 Å². The first-order chi connectivity index (χ1) is 15.0. The van der Waals surface area contributed by atoms with Crippen molar-refractivity contribution in [2.24, 2.45) is 0 Å². The van der Waals surface area contributed by atoms with Crippen molar-refractivity contribution >= 4 is 28.1 Å². The Labute approximate surface area is 174 Å². The van der Waals surface area contributed by atoms with Crippen LogP contribution in [0.15, 0.2) is 60.0 Å². The van der Waals surface area contributed by atoms with E-state index in [9.17, 15) is 9.90 Å². The molecule has 3 rings (SSSR count). The highest BCUT2D eigenvalue weighted by molar-refractivity contribution is 7.13. The largest absolute Gasteiger partial charge is 0.388 e. The van der Waals surface area contributed by atoms with Crippen LogP contribution in [0, 0.1) is 0 Å². The standard InChI is InChI=1S/C22H25N3O2S/c23-22-25-19(15-28-22)14-21(27)24-18-12-10-16(11-13-18)6-4-5-9-20(26)17-7-2-1-3-8-17/h1-3,7-8,10-13,15,20,26H,4-6,9,14H2,(H2,23,25)(H,24,27)/t20-/m0/s1/i4D2,15D,20D. The lowest BCUT2D eigenvalue weighted by atomic mass is 10.0. The second-order valence-corrected chi connectivity index (χ2v) is 7.09. The van der Waals surface area contributed by atoms with Crippen molar-refractivity contribution in [1.29, 1.82) is 0 Å². The van der Waals surface area contributed by atoms with Gasteiger partial charge in [0.15, 0.2) is 5.13 Å². The zero-order valence-corrected chi connectivity index (χ0v) is 16.1. The first-order valence-corrected chi connectivity index (χ1v) is 9.74. The molecule has 0 spiro atoms. The number of carbonyl (C=O) groups excluding carboxylic acids is 1. The average Bonchev–Trinajstić information content (AvgIpc) is 3.05. The van der Waals surface area contributed by atoms with Gasteiger partial charge in [-0.2, -0.15) is 0 Å². The van der Waals surface area contributed by atoms with Crippen molar-refractivity contribution in [3.8, 4) is 0 Å². The molecule has 0 aliphatic heterocycles. The number of benzene rings is 2. The number of nitrogens with one attached hydrogen (secondary N) is 1. The van der Waals surface area contributed by atoms with E-state index in [4.69, 9.17) is 11.2 Å². The summed E-state index contributed by atoms with van der Waals surface area (Å²) < 4.78 is 32.4. The van der Waals surface area contributed by atoms with Crippen LogP contribution >= 0.6 is 11.3 Å². The van der Waals surface area contributed by atoms with Gasteiger partial charge >= 0.3 is 0 Å². The molecule has 3 aromatic rings. The highest BCUT2D eigenvalue weighted by Gasteiger charge is 2.08. The Kier molecular flexibility index (Phi) is 5.45. The van der Waals surface area contributed by atoms with E-state index in [0.717, 1.165) is 16.9 Å². The molecule has 0 bridgehead atoms. The maximum Gasteiger partial charge on any atom is 0.230 e. The topological polar surface area (TPSA) is 88.2 Å². The van der Waals surface area contributed by atoms with Gasteiger partial charge in [-0.1, -0.05) is 48.9 Å². The Morgan fingerprint density at radius 3 is 2.71 bits per heavy atom. The van der Waals surface area contributed by atoms with Gasteiger partial charge < -0.3 is 16.2 Å². The highest BCUT2D eigenvalue weighted by atomic mass is 32.1. The summed E-state index contributed by atoms with van der Waals surface area (Å²) in [7, 11) is 0. The second kappa shape index (κ2) is 10.0. The zero-order valence-electron chi connectivity index (χ0n) is 19.3. The van der Waals surface area contributed by atoms with Crippen LogP contribution < -0.4 is 11.1 Å². The molecular formula is C22H25N3O2S. The number of aromatic nitrogens is 1. The Morgan fingerprint density at radius 1 is 1.29 bits per heavy atom. The van der Waals surface area contributed by atoms with Gasteiger partial charge in [0.05, 0.1) is 20.9 Å². The van der Waals surface area contributed by atoms with E-state index < -0.39 is 12.5 Å². The number of hydrogen-bond acceptors (Lipinski definition) is 5. The third kappa shape index (κ3) is 6.18. The lowest BCUT2D eigenvalue weighted by Gasteiger charge is -2.10. The summed E-state index contributed by atoms with van der Waals surface area (Å²) >= 11 is 1.02. The normalized spacial score (nSPS) is 15.6. The predicted octanol–water partition coefficient (Wildman–Crippen LogP) is 4.35. The quantitative estimate of drug-likeness (QED) is 0.499. The molecule has 0 unspecified atom stereocenters. The SMILES string of the molecule is [2H]c1sc(N)nc1CC(=O)Nc1ccc(CC([2H])([2H])CC[C@]([2H])(O)c2ccccc2)cc1. The van der Waals surface area contributed by atoms with E-state index in [2.05, 4.69) is 10.3 Å². The molecule has 4 N–H and O–H groups in total. The minimum absolute atomic E-state index is 0.0204. The van der Waals surface area contributed by atoms with Crippen LogP contribution in [0.25, 0.3) is 0 Å². The average molecular weight is 400 g/mol. The van der Waals surface area contributed by atoms with Crippen LogP contribution in [-0.2, 0) is 17.6 Å². The fourth-order valence-corrected chi connectivity index (χ4v) is 3.14. The van der Waals surface area contributed by atoms with Gasteiger partial charge in [0, 0.05) is 13.8 Å². The van der Waals surface area contributed by atoms with E-state index in [1.807, 2.05) is 0 Å². The molecule has 0 aliphatic carbocycles. The van der Waals surface area contributed by atoms with Gasteiger partial charge in [-0.3, -0.25) is 4.79 Å². The maximum atomic E-state index is 12.2. The van der Waals surface area contributed by atoms with Gasteiger partial charge in [0.1, 0.15) is 0 Å². The van der Waals surface area contributed by atoms with Gasteiger partial charge in [0.25, 0.3) is 0 Å². The number of rotatable bonds is 9. The van der Waals surface area contributed by atoms with Crippen LogP contribution in [0.3, 0.4) is 0 Å². The Hall–Kier alpha value is -2.70. The number of thiazole rings is 1. The molecule has 1 heterocycles. The first kappa shape index (κ1) is 15.2. The summed E-state index contributed by atoms with van der Waals surface area (Å²) in [5.41, 5.74) is 7.61. The predicted molar refractivity (Wildman–Crippen MR) is 114 cm³/mol. The number of hydrogen-bond donors (Lipinski definition) is 3. The number of anilines is 2. The molecule has 0 radical (unpaired) electrons. The Bertz CT molecular complexity index is 1060. The molecule has 28 heavy (non-hydrogen) atoms. The van der Waals surface area contributed by atoms with Gasteiger partial charge in [-0.25, -0.2) is 4.98 Å². The van der Waals surface area contributed by atoms with Gasteiger partial charge in [0.2, 0.25) is 5.91 Å². The van der Waals surface area contributed by atoms with Crippen LogP contribution in [0.1, 0.15) is 47.6 Å². The molecule has 1 atom stereocenters. The maximum absolute atomic E-state index is 12.2. The molecule has 0 fully saturated rings. The third-order valence-corrected chi connectivity index (χ3v) is 4.70. The second-order valence-electron chi connectivity index (χ2n) is 6.26. The summed E-state index contributed by atoms with van der Waals surface area (Å²) in [5, 5.41) is 13.5. The summed E-state index contributed by atoms with van der Waals surface area (Å²) in [6, 6.07) is 15.4. The number of aliphatic hydroxyl groups is 1. The molecule has 1 amide bonds.